The number of fused-ring (bicyclic) bond motifs is 1. The van der Waals surface area contributed by atoms with E-state index in [9.17, 15) is 9.18 Å². The zero-order valence-electron chi connectivity index (χ0n) is 17.7. The molecular weight excluding hydrogens is 365 g/mol. The van der Waals surface area contributed by atoms with E-state index in [1.807, 2.05) is 14.1 Å². The molecule has 2 atom stereocenters. The number of amides is 2. The Kier molecular flexibility index (Phi) is 7.26. The van der Waals surface area contributed by atoms with Crippen LogP contribution in [0.15, 0.2) is 42.5 Å². The van der Waals surface area contributed by atoms with Crippen molar-refractivity contribution in [1.82, 2.24) is 10.2 Å². The van der Waals surface area contributed by atoms with Gasteiger partial charge in [0.1, 0.15) is 5.82 Å². The van der Waals surface area contributed by atoms with Gasteiger partial charge in [-0.05, 0) is 86.7 Å². The lowest BCUT2D eigenvalue weighted by atomic mass is 9.79. The standard InChI is InChI=1S/C24H32FN3O/c1-4-6-17-7-5-8-18-15-19(9-14-22(17)18)23(28(2)3)16-26-24(29)27-21-12-10-20(25)11-13-21/h9-15,17,23H,4-8,16H2,1-3H3,(H2,26,27,29). The van der Waals surface area contributed by atoms with Crippen LogP contribution in [0.1, 0.15) is 61.3 Å². The number of aryl methyl sites for hydroxylation is 1. The Bertz CT molecular complexity index is 819. The summed E-state index contributed by atoms with van der Waals surface area (Å²) in [6.07, 6.45) is 6.17. The van der Waals surface area contributed by atoms with E-state index < -0.39 is 0 Å². The molecule has 29 heavy (non-hydrogen) atoms. The Labute approximate surface area is 173 Å². The van der Waals surface area contributed by atoms with Crippen LogP contribution in [0, 0.1) is 5.82 Å². The molecule has 0 saturated carbocycles. The van der Waals surface area contributed by atoms with E-state index in [4.69, 9.17) is 0 Å². The Morgan fingerprint density at radius 3 is 2.66 bits per heavy atom. The number of hydrogen-bond acceptors (Lipinski definition) is 2. The molecule has 1 aliphatic carbocycles. The van der Waals surface area contributed by atoms with Crippen LogP contribution < -0.4 is 10.6 Å². The Hall–Kier alpha value is -2.40. The number of benzene rings is 2. The van der Waals surface area contributed by atoms with E-state index in [-0.39, 0.29) is 17.9 Å². The summed E-state index contributed by atoms with van der Waals surface area (Å²) in [5, 5.41) is 5.70. The number of hydrogen-bond donors (Lipinski definition) is 2. The minimum absolute atomic E-state index is 0.0887. The fraction of sp³-hybridized carbons (Fsp3) is 0.458. The fourth-order valence-electron chi connectivity index (χ4n) is 4.29. The van der Waals surface area contributed by atoms with E-state index in [0.717, 1.165) is 6.42 Å². The van der Waals surface area contributed by atoms with Crippen LogP contribution in [0.5, 0.6) is 0 Å². The monoisotopic (exact) mass is 397 g/mol. The molecule has 2 aromatic carbocycles. The van der Waals surface area contributed by atoms with Gasteiger partial charge >= 0.3 is 6.03 Å². The quantitative estimate of drug-likeness (QED) is 0.651. The number of carbonyl (C=O) groups is 1. The topological polar surface area (TPSA) is 44.4 Å². The summed E-state index contributed by atoms with van der Waals surface area (Å²) in [5.74, 6) is 0.368. The highest BCUT2D eigenvalue weighted by Gasteiger charge is 2.22. The van der Waals surface area contributed by atoms with E-state index >= 15 is 0 Å². The van der Waals surface area contributed by atoms with Crippen LogP contribution in [0.4, 0.5) is 14.9 Å². The summed E-state index contributed by atoms with van der Waals surface area (Å²) in [6, 6.07) is 12.4. The summed E-state index contributed by atoms with van der Waals surface area (Å²) in [5.41, 5.74) is 4.78. The van der Waals surface area contributed by atoms with Gasteiger partial charge in [0, 0.05) is 12.2 Å². The second-order valence-corrected chi connectivity index (χ2v) is 8.16. The van der Waals surface area contributed by atoms with E-state index in [0.29, 0.717) is 18.2 Å². The van der Waals surface area contributed by atoms with E-state index in [1.165, 1.54) is 54.5 Å². The summed E-state index contributed by atoms with van der Waals surface area (Å²) < 4.78 is 13.0. The molecule has 2 N–H and O–H groups in total. The van der Waals surface area contributed by atoms with Crippen molar-refractivity contribution in [3.8, 4) is 0 Å². The normalized spacial score (nSPS) is 16.9. The zero-order chi connectivity index (χ0) is 20.8. The Morgan fingerprint density at radius 1 is 1.21 bits per heavy atom. The molecule has 2 aromatic rings. The van der Waals surface area contributed by atoms with Crippen molar-refractivity contribution in [3.05, 3.63) is 65.0 Å². The van der Waals surface area contributed by atoms with Gasteiger partial charge in [0.2, 0.25) is 0 Å². The van der Waals surface area contributed by atoms with Crippen molar-refractivity contribution < 1.29 is 9.18 Å². The molecule has 0 fully saturated rings. The predicted octanol–water partition coefficient (Wildman–Crippen LogP) is 5.47. The molecule has 3 rings (SSSR count). The van der Waals surface area contributed by atoms with Crippen molar-refractivity contribution in [3.63, 3.8) is 0 Å². The van der Waals surface area contributed by atoms with Crippen LogP contribution in [0.3, 0.4) is 0 Å². The lowest BCUT2D eigenvalue weighted by molar-refractivity contribution is 0.243. The number of rotatable bonds is 7. The lowest BCUT2D eigenvalue weighted by Gasteiger charge is -2.29. The largest absolute Gasteiger partial charge is 0.336 e. The summed E-state index contributed by atoms with van der Waals surface area (Å²) >= 11 is 0. The van der Waals surface area contributed by atoms with Gasteiger partial charge in [-0.15, -0.1) is 0 Å². The third kappa shape index (κ3) is 5.57. The molecule has 0 aromatic heterocycles. The van der Waals surface area contributed by atoms with E-state index in [1.54, 1.807) is 12.1 Å². The van der Waals surface area contributed by atoms with Gasteiger partial charge in [-0.2, -0.15) is 0 Å². The summed E-state index contributed by atoms with van der Waals surface area (Å²) in [7, 11) is 4.06. The minimum atomic E-state index is -0.322. The minimum Gasteiger partial charge on any atom is -0.336 e. The number of urea groups is 1. The fourth-order valence-corrected chi connectivity index (χ4v) is 4.29. The number of nitrogens with one attached hydrogen (secondary N) is 2. The van der Waals surface area contributed by atoms with Crippen molar-refractivity contribution in [2.24, 2.45) is 0 Å². The number of halogens is 1. The smallest absolute Gasteiger partial charge is 0.319 e. The van der Waals surface area contributed by atoms with Crippen LogP contribution >= 0.6 is 0 Å². The molecule has 0 saturated heterocycles. The Balaban J connectivity index is 1.66. The van der Waals surface area contributed by atoms with Gasteiger partial charge in [0.25, 0.3) is 0 Å². The maximum absolute atomic E-state index is 13.0. The molecule has 0 bridgehead atoms. The highest BCUT2D eigenvalue weighted by Crippen LogP contribution is 2.36. The zero-order valence-corrected chi connectivity index (χ0v) is 17.7. The van der Waals surface area contributed by atoms with Crippen LogP contribution in [-0.2, 0) is 6.42 Å². The summed E-state index contributed by atoms with van der Waals surface area (Å²) in [4.78, 5) is 14.4. The van der Waals surface area contributed by atoms with Gasteiger partial charge in [0.05, 0.1) is 6.04 Å². The van der Waals surface area contributed by atoms with Crippen molar-refractivity contribution >= 4 is 11.7 Å². The summed E-state index contributed by atoms with van der Waals surface area (Å²) in [6.45, 7) is 2.75. The first-order chi connectivity index (χ1) is 14.0. The van der Waals surface area contributed by atoms with E-state index in [2.05, 4.69) is 40.7 Å². The van der Waals surface area contributed by atoms with Crippen molar-refractivity contribution in [2.45, 2.75) is 51.0 Å². The van der Waals surface area contributed by atoms with Gasteiger partial charge in [-0.25, -0.2) is 9.18 Å². The molecule has 4 nitrogen and oxygen atoms in total. The highest BCUT2D eigenvalue weighted by atomic mass is 19.1. The average Bonchev–Trinajstić information content (AvgIpc) is 2.70. The molecular formula is C24H32FN3O. The molecule has 0 aliphatic heterocycles. The molecule has 156 valence electrons. The number of likely N-dealkylation sites (N-methyl/N-ethyl adjacent to an activating group) is 1. The third-order valence-corrected chi connectivity index (χ3v) is 5.81. The molecule has 2 amide bonds. The molecule has 0 spiro atoms. The molecule has 0 radical (unpaired) electrons. The first-order valence-electron chi connectivity index (χ1n) is 10.6. The molecule has 1 aliphatic rings. The number of carbonyl (C=O) groups excluding carboxylic acids is 1. The number of nitrogens with zero attached hydrogens (tertiary/aromatic N) is 1. The third-order valence-electron chi connectivity index (χ3n) is 5.81. The SMILES string of the molecule is CCCC1CCCc2cc(C(CNC(=O)Nc3ccc(F)cc3)N(C)C)ccc21. The maximum Gasteiger partial charge on any atom is 0.319 e. The van der Waals surface area contributed by atoms with Gasteiger partial charge in [-0.3, -0.25) is 0 Å². The Morgan fingerprint density at radius 2 is 1.97 bits per heavy atom. The van der Waals surface area contributed by atoms with Gasteiger partial charge < -0.3 is 15.5 Å². The van der Waals surface area contributed by atoms with Crippen molar-refractivity contribution in [1.29, 1.82) is 0 Å². The van der Waals surface area contributed by atoms with Crippen LogP contribution in [-0.4, -0.2) is 31.6 Å². The highest BCUT2D eigenvalue weighted by molar-refractivity contribution is 5.89. The molecule has 0 heterocycles. The van der Waals surface area contributed by atoms with Crippen LogP contribution in [0.2, 0.25) is 0 Å². The lowest BCUT2D eigenvalue weighted by Crippen LogP contribution is -2.37. The van der Waals surface area contributed by atoms with Crippen molar-refractivity contribution in [2.75, 3.05) is 26.0 Å². The predicted molar refractivity (Wildman–Crippen MR) is 117 cm³/mol. The van der Waals surface area contributed by atoms with Gasteiger partial charge in [0.15, 0.2) is 0 Å². The maximum atomic E-state index is 13.0. The second kappa shape index (κ2) is 9.88. The first kappa shape index (κ1) is 21.3. The average molecular weight is 398 g/mol. The number of anilines is 1. The molecule has 5 heteroatoms. The molecule has 2 unspecified atom stereocenters. The van der Waals surface area contributed by atoms with Gasteiger partial charge in [-0.1, -0.05) is 31.5 Å². The van der Waals surface area contributed by atoms with Crippen LogP contribution in [0.25, 0.3) is 0 Å². The second-order valence-electron chi connectivity index (χ2n) is 8.16. The first-order valence-corrected chi connectivity index (χ1v) is 10.6.